The molecule has 1 N–H and O–H groups in total. The normalized spacial score (nSPS) is 12.0. The van der Waals surface area contributed by atoms with E-state index in [4.69, 9.17) is 9.15 Å². The Balaban J connectivity index is 1.85. The van der Waals surface area contributed by atoms with E-state index in [0.717, 1.165) is 25.0 Å². The van der Waals surface area contributed by atoms with Gasteiger partial charge in [0.15, 0.2) is 5.76 Å². The van der Waals surface area contributed by atoms with Crippen molar-refractivity contribution >= 4 is 5.91 Å². The summed E-state index contributed by atoms with van der Waals surface area (Å²) in [5.74, 6) is 2.15. The summed E-state index contributed by atoms with van der Waals surface area (Å²) < 4.78 is 11.3. The van der Waals surface area contributed by atoms with Gasteiger partial charge in [0, 0.05) is 6.54 Å². The highest BCUT2D eigenvalue weighted by atomic mass is 16.5. The number of hydrogen-bond donors (Lipinski definition) is 1. The summed E-state index contributed by atoms with van der Waals surface area (Å²) in [6.07, 6.45) is 3.14. The Labute approximate surface area is 144 Å². The molecule has 1 unspecified atom stereocenters. The number of unbranched alkanes of at least 4 members (excludes halogenated alkanes) is 1. The van der Waals surface area contributed by atoms with E-state index in [0.29, 0.717) is 30.6 Å². The van der Waals surface area contributed by atoms with Crippen molar-refractivity contribution < 1.29 is 13.9 Å². The number of nitrogens with one attached hydrogen (secondary N) is 1. The van der Waals surface area contributed by atoms with Crippen molar-refractivity contribution in [1.82, 2.24) is 5.32 Å². The van der Waals surface area contributed by atoms with Crippen LogP contribution in [0.25, 0.3) is 0 Å². The first-order chi connectivity index (χ1) is 11.6. The molecule has 1 amide bonds. The largest absolute Gasteiger partial charge is 0.486 e. The molecule has 0 aliphatic carbocycles. The zero-order chi connectivity index (χ0) is 17.4. The summed E-state index contributed by atoms with van der Waals surface area (Å²) in [7, 11) is 0. The van der Waals surface area contributed by atoms with Crippen molar-refractivity contribution in [2.75, 3.05) is 6.54 Å². The van der Waals surface area contributed by atoms with Gasteiger partial charge in [-0.25, -0.2) is 0 Å². The van der Waals surface area contributed by atoms with Crippen LogP contribution < -0.4 is 10.1 Å². The topological polar surface area (TPSA) is 51.5 Å². The fraction of sp³-hybridized carbons (Fsp3) is 0.450. The molecule has 4 nitrogen and oxygen atoms in total. The van der Waals surface area contributed by atoms with Crippen molar-refractivity contribution in [1.29, 1.82) is 0 Å². The molecule has 0 radical (unpaired) electrons. The molecule has 0 spiro atoms. The molecule has 1 atom stereocenters. The van der Waals surface area contributed by atoms with E-state index in [1.807, 2.05) is 12.1 Å². The molecule has 24 heavy (non-hydrogen) atoms. The van der Waals surface area contributed by atoms with Gasteiger partial charge in [0.2, 0.25) is 0 Å². The Bertz CT molecular complexity index is 631. The highest BCUT2D eigenvalue weighted by molar-refractivity contribution is 5.91. The molecule has 0 fully saturated rings. The number of hydrogen-bond acceptors (Lipinski definition) is 3. The van der Waals surface area contributed by atoms with Crippen LogP contribution in [-0.2, 0) is 6.61 Å². The Hall–Kier alpha value is -2.23. The van der Waals surface area contributed by atoms with E-state index >= 15 is 0 Å². The molecule has 2 aromatic rings. The van der Waals surface area contributed by atoms with Crippen LogP contribution in [-0.4, -0.2) is 12.5 Å². The van der Waals surface area contributed by atoms with Crippen molar-refractivity contribution in [3.05, 3.63) is 53.5 Å². The molecule has 130 valence electrons. The molecule has 1 heterocycles. The lowest BCUT2D eigenvalue weighted by Crippen LogP contribution is -2.23. The molecule has 2 rings (SSSR count). The second kappa shape index (κ2) is 9.16. The molecular formula is C20H27NO3. The first kappa shape index (κ1) is 18.1. The third kappa shape index (κ3) is 5.15. The first-order valence-electron chi connectivity index (χ1n) is 8.73. The number of amides is 1. The predicted octanol–water partition coefficient (Wildman–Crippen LogP) is 4.90. The highest BCUT2D eigenvalue weighted by Gasteiger charge is 2.11. The van der Waals surface area contributed by atoms with Crippen LogP contribution >= 0.6 is 0 Å². The zero-order valence-electron chi connectivity index (χ0n) is 14.8. The smallest absolute Gasteiger partial charge is 0.286 e. The molecule has 0 saturated heterocycles. The van der Waals surface area contributed by atoms with E-state index in [9.17, 15) is 4.79 Å². The standard InChI is InChI=1S/C20H27NO3/c1-4-6-13-21-20(22)19-12-11-18(24-19)14-23-17-9-7-16(8-10-17)15(3)5-2/h7-12,15H,4-6,13-14H2,1-3H3,(H,21,22). The highest BCUT2D eigenvalue weighted by Crippen LogP contribution is 2.22. The molecule has 0 aliphatic heterocycles. The summed E-state index contributed by atoms with van der Waals surface area (Å²) in [6, 6.07) is 11.6. The number of carbonyl (C=O) groups is 1. The van der Waals surface area contributed by atoms with Crippen molar-refractivity contribution in [2.24, 2.45) is 0 Å². The molecule has 0 bridgehead atoms. The third-order valence-corrected chi connectivity index (χ3v) is 4.14. The summed E-state index contributed by atoms with van der Waals surface area (Å²) in [5, 5.41) is 2.84. The Morgan fingerprint density at radius 1 is 1.17 bits per heavy atom. The van der Waals surface area contributed by atoms with E-state index < -0.39 is 0 Å². The minimum atomic E-state index is -0.174. The number of rotatable bonds is 9. The van der Waals surface area contributed by atoms with Crippen LogP contribution in [0.2, 0.25) is 0 Å². The first-order valence-corrected chi connectivity index (χ1v) is 8.73. The molecular weight excluding hydrogens is 302 g/mol. The van der Waals surface area contributed by atoms with Gasteiger partial charge in [-0.3, -0.25) is 4.79 Å². The maximum Gasteiger partial charge on any atom is 0.286 e. The number of carbonyl (C=O) groups excluding carboxylic acids is 1. The Morgan fingerprint density at radius 3 is 2.58 bits per heavy atom. The van der Waals surface area contributed by atoms with Crippen LogP contribution in [0.4, 0.5) is 0 Å². The van der Waals surface area contributed by atoms with Crippen LogP contribution in [0.5, 0.6) is 5.75 Å². The van der Waals surface area contributed by atoms with Gasteiger partial charge in [0.05, 0.1) is 0 Å². The van der Waals surface area contributed by atoms with Gasteiger partial charge < -0.3 is 14.5 Å². The third-order valence-electron chi connectivity index (χ3n) is 4.14. The van der Waals surface area contributed by atoms with Gasteiger partial charge in [0.25, 0.3) is 5.91 Å². The van der Waals surface area contributed by atoms with Crippen LogP contribution in [0.15, 0.2) is 40.8 Å². The van der Waals surface area contributed by atoms with E-state index in [1.165, 1.54) is 5.56 Å². The Morgan fingerprint density at radius 2 is 1.92 bits per heavy atom. The number of ether oxygens (including phenoxy) is 1. The number of furan rings is 1. The maximum absolute atomic E-state index is 11.9. The van der Waals surface area contributed by atoms with Gasteiger partial charge in [-0.15, -0.1) is 0 Å². The lowest BCUT2D eigenvalue weighted by atomic mass is 9.99. The van der Waals surface area contributed by atoms with Gasteiger partial charge in [-0.05, 0) is 48.6 Å². The van der Waals surface area contributed by atoms with E-state index in [2.05, 4.69) is 38.2 Å². The van der Waals surface area contributed by atoms with Gasteiger partial charge in [-0.2, -0.15) is 0 Å². The fourth-order valence-corrected chi connectivity index (χ4v) is 2.33. The maximum atomic E-state index is 11.9. The van der Waals surface area contributed by atoms with Crippen LogP contribution in [0, 0.1) is 0 Å². The molecule has 0 saturated carbocycles. The number of benzene rings is 1. The van der Waals surface area contributed by atoms with Crippen LogP contribution in [0.1, 0.15) is 67.8 Å². The molecule has 4 heteroatoms. The second-order valence-electron chi connectivity index (χ2n) is 6.04. The summed E-state index contributed by atoms with van der Waals surface area (Å²) in [4.78, 5) is 11.9. The lowest BCUT2D eigenvalue weighted by molar-refractivity contribution is 0.0921. The average Bonchev–Trinajstić information content (AvgIpc) is 3.09. The average molecular weight is 329 g/mol. The van der Waals surface area contributed by atoms with Gasteiger partial charge in [-0.1, -0.05) is 39.3 Å². The van der Waals surface area contributed by atoms with E-state index in [1.54, 1.807) is 12.1 Å². The quantitative estimate of drug-likeness (QED) is 0.666. The van der Waals surface area contributed by atoms with E-state index in [-0.39, 0.29) is 5.91 Å². The predicted molar refractivity (Wildman–Crippen MR) is 95.4 cm³/mol. The summed E-state index contributed by atoms with van der Waals surface area (Å²) in [6.45, 7) is 7.47. The monoisotopic (exact) mass is 329 g/mol. The van der Waals surface area contributed by atoms with Crippen LogP contribution in [0.3, 0.4) is 0 Å². The molecule has 1 aromatic carbocycles. The summed E-state index contributed by atoms with van der Waals surface area (Å²) in [5.41, 5.74) is 1.31. The van der Waals surface area contributed by atoms with Crippen molar-refractivity contribution in [3.63, 3.8) is 0 Å². The lowest BCUT2D eigenvalue weighted by Gasteiger charge is -2.10. The molecule has 0 aliphatic rings. The van der Waals surface area contributed by atoms with Crippen molar-refractivity contribution in [2.45, 2.75) is 52.6 Å². The molecule has 1 aromatic heterocycles. The SMILES string of the molecule is CCCCNC(=O)c1ccc(COc2ccc(C(C)CC)cc2)o1. The fourth-order valence-electron chi connectivity index (χ4n) is 2.33. The van der Waals surface area contributed by atoms with Crippen molar-refractivity contribution in [3.8, 4) is 5.75 Å². The second-order valence-corrected chi connectivity index (χ2v) is 6.04. The van der Waals surface area contributed by atoms with Gasteiger partial charge in [0.1, 0.15) is 18.1 Å². The Kier molecular flexibility index (Phi) is 6.91. The summed E-state index contributed by atoms with van der Waals surface area (Å²) >= 11 is 0. The van der Waals surface area contributed by atoms with Gasteiger partial charge >= 0.3 is 0 Å². The minimum absolute atomic E-state index is 0.174. The minimum Gasteiger partial charge on any atom is -0.486 e. The zero-order valence-corrected chi connectivity index (χ0v) is 14.8.